The van der Waals surface area contributed by atoms with Gasteiger partial charge in [0.2, 0.25) is 0 Å². The summed E-state index contributed by atoms with van der Waals surface area (Å²) >= 11 is 0. The van der Waals surface area contributed by atoms with E-state index in [2.05, 4.69) is 24.1 Å². The molecule has 1 aromatic carbocycles. The van der Waals surface area contributed by atoms with Crippen molar-refractivity contribution in [3.05, 3.63) is 35.9 Å². The minimum absolute atomic E-state index is 0.300. The maximum absolute atomic E-state index is 11.2. The van der Waals surface area contributed by atoms with Crippen LogP contribution in [-0.2, 0) is 0 Å². The van der Waals surface area contributed by atoms with Gasteiger partial charge in [-0.25, -0.2) is 9.78 Å². The van der Waals surface area contributed by atoms with Crippen LogP contribution in [0.4, 0.5) is 5.82 Å². The lowest BCUT2D eigenvalue weighted by atomic mass is 9.92. The number of hydrogen-bond acceptors (Lipinski definition) is 3. The fraction of sp³-hybridized carbons (Fsp3) is 0.412. The van der Waals surface area contributed by atoms with Gasteiger partial charge in [-0.05, 0) is 48.9 Å². The number of pyridine rings is 1. The van der Waals surface area contributed by atoms with Crippen molar-refractivity contribution in [2.45, 2.75) is 39.2 Å². The second-order valence-electron chi connectivity index (χ2n) is 6.62. The van der Waals surface area contributed by atoms with Crippen molar-refractivity contribution in [3.8, 4) is 0 Å². The number of benzene rings is 1. The summed E-state index contributed by atoms with van der Waals surface area (Å²) in [4.78, 5) is 15.8. The summed E-state index contributed by atoms with van der Waals surface area (Å²) in [5, 5.41) is 13.4. The van der Waals surface area contributed by atoms with Crippen LogP contribution in [0.1, 0.15) is 43.5 Å². The van der Waals surface area contributed by atoms with E-state index in [9.17, 15) is 9.90 Å². The molecule has 0 amide bonds. The van der Waals surface area contributed by atoms with Gasteiger partial charge >= 0.3 is 5.97 Å². The molecule has 4 nitrogen and oxygen atoms in total. The van der Waals surface area contributed by atoms with Crippen molar-refractivity contribution in [2.75, 3.05) is 5.32 Å². The summed E-state index contributed by atoms with van der Waals surface area (Å²) in [6.45, 7) is 4.59. The molecule has 0 saturated heterocycles. The van der Waals surface area contributed by atoms with Crippen LogP contribution >= 0.6 is 0 Å². The van der Waals surface area contributed by atoms with Crippen molar-refractivity contribution >= 4 is 22.7 Å². The van der Waals surface area contributed by atoms with Crippen LogP contribution in [0.2, 0.25) is 0 Å². The number of nitrogens with one attached hydrogen (secondary N) is 1. The molecule has 1 aromatic heterocycles. The number of carboxylic acids is 1. The first-order valence-corrected chi connectivity index (χ1v) is 7.34. The minimum Gasteiger partial charge on any atom is -0.478 e. The summed E-state index contributed by atoms with van der Waals surface area (Å²) < 4.78 is 0. The molecule has 0 bridgehead atoms. The van der Waals surface area contributed by atoms with Crippen LogP contribution in [0.5, 0.6) is 0 Å². The Hall–Kier alpha value is -2.10. The Bertz CT molecular complexity index is 694. The Morgan fingerprint density at radius 2 is 2.14 bits per heavy atom. The van der Waals surface area contributed by atoms with Crippen LogP contribution in [0.25, 0.3) is 10.9 Å². The van der Waals surface area contributed by atoms with Crippen molar-refractivity contribution in [1.29, 1.82) is 0 Å². The van der Waals surface area contributed by atoms with E-state index in [0.717, 1.165) is 24.2 Å². The molecule has 1 heterocycles. The minimum atomic E-state index is -0.916. The van der Waals surface area contributed by atoms with Gasteiger partial charge in [0.05, 0.1) is 11.1 Å². The van der Waals surface area contributed by atoms with Crippen molar-refractivity contribution in [2.24, 2.45) is 5.41 Å². The molecule has 110 valence electrons. The van der Waals surface area contributed by atoms with Crippen LogP contribution in [0.3, 0.4) is 0 Å². The quantitative estimate of drug-likeness (QED) is 0.896. The molecule has 0 aliphatic heterocycles. The van der Waals surface area contributed by atoms with E-state index in [4.69, 9.17) is 0 Å². The Labute approximate surface area is 124 Å². The summed E-state index contributed by atoms with van der Waals surface area (Å²) in [6.07, 6.45) is 3.52. The molecular formula is C17H20N2O2. The topological polar surface area (TPSA) is 62.2 Å². The normalized spacial score (nSPS) is 20.6. The largest absolute Gasteiger partial charge is 0.478 e. The molecule has 1 fully saturated rings. The maximum Gasteiger partial charge on any atom is 0.336 e. The summed E-state index contributed by atoms with van der Waals surface area (Å²) in [5.74, 6) is -0.0895. The standard InChI is InChI=1S/C17H20N2O2/c1-17(2)9-8-11(10-17)18-15-7-6-12-13(16(20)21)4-3-5-14(12)19-15/h3-7,11H,8-10H2,1-2H3,(H,18,19)(H,20,21). The van der Waals surface area contributed by atoms with Gasteiger partial charge in [-0.15, -0.1) is 0 Å². The highest BCUT2D eigenvalue weighted by molar-refractivity contribution is 6.02. The van der Waals surface area contributed by atoms with E-state index in [1.54, 1.807) is 12.1 Å². The average Bonchev–Trinajstić information content (AvgIpc) is 2.76. The molecule has 2 aromatic rings. The second kappa shape index (κ2) is 5.02. The van der Waals surface area contributed by atoms with Gasteiger partial charge in [0.25, 0.3) is 0 Å². The Morgan fingerprint density at radius 3 is 2.81 bits per heavy atom. The number of rotatable bonds is 3. The monoisotopic (exact) mass is 284 g/mol. The lowest BCUT2D eigenvalue weighted by molar-refractivity contribution is 0.0699. The third kappa shape index (κ3) is 2.84. The van der Waals surface area contributed by atoms with Crippen LogP contribution in [0.15, 0.2) is 30.3 Å². The van der Waals surface area contributed by atoms with Gasteiger partial charge in [-0.3, -0.25) is 0 Å². The molecule has 1 aliphatic rings. The third-order valence-electron chi connectivity index (χ3n) is 4.28. The highest BCUT2D eigenvalue weighted by Crippen LogP contribution is 2.38. The number of anilines is 1. The van der Waals surface area contributed by atoms with E-state index >= 15 is 0 Å². The SMILES string of the molecule is CC1(C)CCC(Nc2ccc3c(C(=O)O)cccc3n2)C1. The van der Waals surface area contributed by atoms with Gasteiger partial charge < -0.3 is 10.4 Å². The van der Waals surface area contributed by atoms with Gasteiger partial charge in [0, 0.05) is 11.4 Å². The molecule has 0 radical (unpaired) electrons. The fourth-order valence-electron chi connectivity index (χ4n) is 3.19. The van der Waals surface area contributed by atoms with Gasteiger partial charge in [-0.1, -0.05) is 19.9 Å². The van der Waals surface area contributed by atoms with Crippen molar-refractivity contribution in [1.82, 2.24) is 4.98 Å². The van der Waals surface area contributed by atoms with Gasteiger partial charge in [0.1, 0.15) is 5.82 Å². The molecule has 1 aliphatic carbocycles. The number of carboxylic acid groups (broad SMARTS) is 1. The molecule has 1 atom stereocenters. The number of fused-ring (bicyclic) bond motifs is 1. The highest BCUT2D eigenvalue weighted by Gasteiger charge is 2.30. The lowest BCUT2D eigenvalue weighted by Gasteiger charge is -2.18. The number of aromatic carboxylic acids is 1. The fourth-order valence-corrected chi connectivity index (χ4v) is 3.19. The summed E-state index contributed by atoms with van der Waals surface area (Å²) in [7, 11) is 0. The first kappa shape index (κ1) is 13.9. The smallest absolute Gasteiger partial charge is 0.336 e. The van der Waals surface area contributed by atoms with Crippen LogP contribution < -0.4 is 5.32 Å². The average molecular weight is 284 g/mol. The third-order valence-corrected chi connectivity index (χ3v) is 4.28. The maximum atomic E-state index is 11.2. The molecule has 0 spiro atoms. The summed E-state index contributed by atoms with van der Waals surface area (Å²) in [6, 6.07) is 9.37. The zero-order valence-electron chi connectivity index (χ0n) is 12.4. The Kier molecular flexibility index (Phi) is 3.32. The molecule has 4 heteroatoms. The van der Waals surface area contributed by atoms with Crippen molar-refractivity contribution < 1.29 is 9.90 Å². The predicted molar refractivity (Wildman–Crippen MR) is 83.7 cm³/mol. The van der Waals surface area contributed by atoms with E-state index < -0.39 is 5.97 Å². The number of nitrogens with zero attached hydrogens (tertiary/aromatic N) is 1. The van der Waals surface area contributed by atoms with E-state index in [1.165, 1.54) is 6.42 Å². The molecule has 1 unspecified atom stereocenters. The second-order valence-corrected chi connectivity index (χ2v) is 6.62. The number of hydrogen-bond donors (Lipinski definition) is 2. The van der Waals surface area contributed by atoms with E-state index in [-0.39, 0.29) is 0 Å². The van der Waals surface area contributed by atoms with Crippen LogP contribution in [0, 0.1) is 5.41 Å². The summed E-state index contributed by atoms with van der Waals surface area (Å²) in [5.41, 5.74) is 1.41. The number of aromatic nitrogens is 1. The van der Waals surface area contributed by atoms with E-state index in [1.807, 2.05) is 18.2 Å². The first-order valence-electron chi connectivity index (χ1n) is 7.34. The Morgan fingerprint density at radius 1 is 1.33 bits per heavy atom. The Balaban J connectivity index is 1.87. The zero-order valence-corrected chi connectivity index (χ0v) is 12.4. The molecule has 3 rings (SSSR count). The number of carbonyl (C=O) groups is 1. The molecule has 2 N–H and O–H groups in total. The molecule has 1 saturated carbocycles. The zero-order chi connectivity index (χ0) is 15.0. The first-order chi connectivity index (χ1) is 9.94. The molecule has 21 heavy (non-hydrogen) atoms. The van der Waals surface area contributed by atoms with Crippen LogP contribution in [-0.4, -0.2) is 22.1 Å². The van der Waals surface area contributed by atoms with Gasteiger partial charge in [0.15, 0.2) is 0 Å². The highest BCUT2D eigenvalue weighted by atomic mass is 16.4. The predicted octanol–water partition coefficient (Wildman–Crippen LogP) is 3.92. The lowest BCUT2D eigenvalue weighted by Crippen LogP contribution is -2.18. The van der Waals surface area contributed by atoms with Crippen molar-refractivity contribution in [3.63, 3.8) is 0 Å². The molecular weight excluding hydrogens is 264 g/mol. The van der Waals surface area contributed by atoms with E-state index in [0.29, 0.717) is 22.4 Å². The van der Waals surface area contributed by atoms with Gasteiger partial charge in [-0.2, -0.15) is 0 Å².